The number of nitrogens with zero attached hydrogens (tertiary/aromatic N) is 2. The van der Waals surface area contributed by atoms with E-state index in [0.717, 1.165) is 16.5 Å². The molecule has 13 heavy (non-hydrogen) atoms. The van der Waals surface area contributed by atoms with Crippen molar-refractivity contribution in [1.29, 1.82) is 0 Å². The molecule has 3 heteroatoms. The molecule has 0 aliphatic heterocycles. The Labute approximate surface area is 80.9 Å². The van der Waals surface area contributed by atoms with Gasteiger partial charge in [0.2, 0.25) is 0 Å². The molecule has 2 aromatic heterocycles. The average Bonchev–Trinajstić information content (AvgIpc) is 2.17. The second-order valence-corrected chi connectivity index (χ2v) is 3.06. The first kappa shape index (κ1) is 8.20. The van der Waals surface area contributed by atoms with E-state index >= 15 is 0 Å². The molecule has 0 N–H and O–H groups in total. The quantitative estimate of drug-likeness (QED) is 0.647. The van der Waals surface area contributed by atoms with Crippen molar-refractivity contribution in [3.63, 3.8) is 0 Å². The largest absolute Gasteiger partial charge is 0.255 e. The third-order valence-electron chi connectivity index (χ3n) is 1.79. The molecular formula is C10H7ClN2. The molecule has 0 spiro atoms. The molecule has 0 atom stereocenters. The van der Waals surface area contributed by atoms with Crippen LogP contribution in [0.5, 0.6) is 0 Å². The van der Waals surface area contributed by atoms with E-state index in [2.05, 4.69) is 16.5 Å². The molecule has 0 saturated carbocycles. The van der Waals surface area contributed by atoms with Gasteiger partial charge in [0.1, 0.15) is 5.15 Å². The molecule has 0 aliphatic rings. The SMILES string of the molecule is C=Cc1cnc2cc(Cl)ncc2c1. The number of hydrogen-bond donors (Lipinski definition) is 0. The number of pyridine rings is 2. The van der Waals surface area contributed by atoms with Crippen LogP contribution in [0.25, 0.3) is 17.0 Å². The van der Waals surface area contributed by atoms with Gasteiger partial charge in [-0.2, -0.15) is 0 Å². The second-order valence-electron chi connectivity index (χ2n) is 2.67. The summed E-state index contributed by atoms with van der Waals surface area (Å²) < 4.78 is 0. The molecule has 2 rings (SSSR count). The van der Waals surface area contributed by atoms with E-state index in [1.54, 1.807) is 24.5 Å². The minimum absolute atomic E-state index is 0.464. The molecule has 0 unspecified atom stereocenters. The Morgan fingerprint density at radius 3 is 2.85 bits per heavy atom. The molecule has 0 fully saturated rings. The van der Waals surface area contributed by atoms with E-state index in [4.69, 9.17) is 11.6 Å². The number of hydrogen-bond acceptors (Lipinski definition) is 2. The van der Waals surface area contributed by atoms with Gasteiger partial charge < -0.3 is 0 Å². The van der Waals surface area contributed by atoms with Crippen molar-refractivity contribution >= 4 is 28.6 Å². The number of rotatable bonds is 1. The summed E-state index contributed by atoms with van der Waals surface area (Å²) in [5.41, 5.74) is 1.84. The van der Waals surface area contributed by atoms with E-state index in [-0.39, 0.29) is 0 Å². The highest BCUT2D eigenvalue weighted by molar-refractivity contribution is 6.29. The Kier molecular flexibility index (Phi) is 1.99. The smallest absolute Gasteiger partial charge is 0.131 e. The van der Waals surface area contributed by atoms with E-state index in [1.165, 1.54) is 0 Å². The lowest BCUT2D eigenvalue weighted by Gasteiger charge is -1.97. The Morgan fingerprint density at radius 2 is 2.08 bits per heavy atom. The molecule has 0 bridgehead atoms. The maximum Gasteiger partial charge on any atom is 0.131 e. The van der Waals surface area contributed by atoms with Crippen LogP contribution in [0.1, 0.15) is 5.56 Å². The van der Waals surface area contributed by atoms with Crippen LogP contribution in [0.3, 0.4) is 0 Å². The molecule has 64 valence electrons. The summed E-state index contributed by atoms with van der Waals surface area (Å²) >= 11 is 5.72. The van der Waals surface area contributed by atoms with Gasteiger partial charge in [0.25, 0.3) is 0 Å². The third kappa shape index (κ3) is 1.53. The van der Waals surface area contributed by atoms with Gasteiger partial charge in [-0.3, -0.25) is 4.98 Å². The second kappa shape index (κ2) is 3.15. The highest BCUT2D eigenvalue weighted by atomic mass is 35.5. The van der Waals surface area contributed by atoms with Gasteiger partial charge >= 0.3 is 0 Å². The Morgan fingerprint density at radius 1 is 1.23 bits per heavy atom. The van der Waals surface area contributed by atoms with Gasteiger partial charge in [0.05, 0.1) is 5.52 Å². The highest BCUT2D eigenvalue weighted by Crippen LogP contribution is 2.15. The lowest BCUT2D eigenvalue weighted by atomic mass is 10.2. The van der Waals surface area contributed by atoms with Crippen molar-refractivity contribution in [2.45, 2.75) is 0 Å². The van der Waals surface area contributed by atoms with Crippen molar-refractivity contribution in [2.75, 3.05) is 0 Å². The van der Waals surface area contributed by atoms with Crippen LogP contribution in [0.15, 0.2) is 31.1 Å². The van der Waals surface area contributed by atoms with Gasteiger partial charge in [-0.05, 0) is 11.6 Å². The third-order valence-corrected chi connectivity index (χ3v) is 2.00. The molecule has 0 aromatic carbocycles. The fourth-order valence-electron chi connectivity index (χ4n) is 1.13. The Hall–Kier alpha value is -1.41. The fourth-order valence-corrected chi connectivity index (χ4v) is 1.28. The Balaban J connectivity index is 2.73. The molecule has 2 nitrogen and oxygen atoms in total. The van der Waals surface area contributed by atoms with Crippen molar-refractivity contribution < 1.29 is 0 Å². The van der Waals surface area contributed by atoms with Crippen LogP contribution in [0, 0.1) is 0 Å². The van der Waals surface area contributed by atoms with Crippen molar-refractivity contribution in [1.82, 2.24) is 9.97 Å². The normalized spacial score (nSPS) is 10.2. The van der Waals surface area contributed by atoms with Gasteiger partial charge in [0.15, 0.2) is 0 Å². The zero-order valence-electron chi connectivity index (χ0n) is 6.87. The summed E-state index contributed by atoms with van der Waals surface area (Å²) in [5.74, 6) is 0. The van der Waals surface area contributed by atoms with Crippen LogP contribution >= 0.6 is 11.6 Å². The molecule has 0 radical (unpaired) electrons. The van der Waals surface area contributed by atoms with Crippen LogP contribution in [-0.4, -0.2) is 9.97 Å². The van der Waals surface area contributed by atoms with Crippen LogP contribution in [0.2, 0.25) is 5.15 Å². The zero-order valence-corrected chi connectivity index (χ0v) is 7.62. The monoisotopic (exact) mass is 190 g/mol. The molecule has 2 aromatic rings. The zero-order chi connectivity index (χ0) is 9.26. The maximum atomic E-state index is 5.72. The number of fused-ring (bicyclic) bond motifs is 1. The maximum absolute atomic E-state index is 5.72. The predicted octanol–water partition coefficient (Wildman–Crippen LogP) is 2.93. The lowest BCUT2D eigenvalue weighted by molar-refractivity contribution is 1.32. The first-order valence-electron chi connectivity index (χ1n) is 3.83. The molecule has 0 aliphatic carbocycles. The number of aromatic nitrogens is 2. The summed E-state index contributed by atoms with van der Waals surface area (Å²) in [5, 5.41) is 1.44. The first-order valence-corrected chi connectivity index (χ1v) is 4.21. The molecule has 0 saturated heterocycles. The van der Waals surface area contributed by atoms with Crippen molar-refractivity contribution in [3.05, 3.63) is 41.8 Å². The van der Waals surface area contributed by atoms with Gasteiger partial charge in [-0.15, -0.1) is 0 Å². The van der Waals surface area contributed by atoms with Crippen LogP contribution in [0.4, 0.5) is 0 Å². The molecule has 0 amide bonds. The van der Waals surface area contributed by atoms with E-state index in [1.807, 2.05) is 6.07 Å². The van der Waals surface area contributed by atoms with E-state index in [0.29, 0.717) is 5.15 Å². The van der Waals surface area contributed by atoms with Crippen molar-refractivity contribution in [3.8, 4) is 0 Å². The summed E-state index contributed by atoms with van der Waals surface area (Å²) in [6, 6.07) is 3.71. The van der Waals surface area contributed by atoms with Crippen LogP contribution in [-0.2, 0) is 0 Å². The molecule has 2 heterocycles. The van der Waals surface area contributed by atoms with E-state index < -0.39 is 0 Å². The standard InChI is InChI=1S/C10H7ClN2/c1-2-7-3-8-6-13-10(11)4-9(8)12-5-7/h2-6H,1H2. The minimum atomic E-state index is 0.464. The topological polar surface area (TPSA) is 25.8 Å². The predicted molar refractivity (Wildman–Crippen MR) is 54.6 cm³/mol. The average molecular weight is 191 g/mol. The first-order chi connectivity index (χ1) is 6.29. The highest BCUT2D eigenvalue weighted by Gasteiger charge is 1.97. The van der Waals surface area contributed by atoms with E-state index in [9.17, 15) is 0 Å². The lowest BCUT2D eigenvalue weighted by Crippen LogP contribution is -1.82. The summed E-state index contributed by atoms with van der Waals surface area (Å²) in [4.78, 5) is 8.19. The van der Waals surface area contributed by atoms with Gasteiger partial charge in [0, 0.05) is 23.8 Å². The fraction of sp³-hybridized carbons (Fsp3) is 0. The number of halogens is 1. The molecular weight excluding hydrogens is 184 g/mol. The van der Waals surface area contributed by atoms with Crippen molar-refractivity contribution in [2.24, 2.45) is 0 Å². The summed E-state index contributed by atoms with van der Waals surface area (Å²) in [6.45, 7) is 3.67. The van der Waals surface area contributed by atoms with Gasteiger partial charge in [-0.1, -0.05) is 24.3 Å². The van der Waals surface area contributed by atoms with Crippen LogP contribution < -0.4 is 0 Å². The minimum Gasteiger partial charge on any atom is -0.255 e. The Bertz CT molecular complexity index is 465. The summed E-state index contributed by atoms with van der Waals surface area (Å²) in [6.07, 6.45) is 5.21. The van der Waals surface area contributed by atoms with Gasteiger partial charge in [-0.25, -0.2) is 4.98 Å². The summed E-state index contributed by atoms with van der Waals surface area (Å²) in [7, 11) is 0.